The highest BCUT2D eigenvalue weighted by molar-refractivity contribution is 6.21. The van der Waals surface area contributed by atoms with Crippen LogP contribution in [-0.2, 0) is 14.3 Å². The van der Waals surface area contributed by atoms with Crippen LogP contribution < -0.4 is 9.80 Å². The molecule has 2 aliphatic heterocycles. The van der Waals surface area contributed by atoms with E-state index in [4.69, 9.17) is 9.47 Å². The molecule has 0 aromatic heterocycles. The number of anilines is 2. The van der Waals surface area contributed by atoms with E-state index >= 15 is 0 Å². The standard InChI is InChI=1S/C15H20N2O4.C9H7NO2/c1-12-11-17(15(19)21-12)14-5-3-13(4-6-14)16(2)7-9-20-10-8-18;1-10-8(11)6-4-2-3-5-7(6)9(10)12/h3-6,8,12H,7,9-11H2,1-2H3;2-5H,1H3. The molecule has 4 rings (SSSR count). The maximum atomic E-state index is 11.7. The van der Waals surface area contributed by atoms with Gasteiger partial charge >= 0.3 is 6.09 Å². The number of carbonyl (C=O) groups is 4. The van der Waals surface area contributed by atoms with E-state index in [-0.39, 0.29) is 30.6 Å². The second kappa shape index (κ2) is 10.7. The Balaban J connectivity index is 0.000000215. The Kier molecular flexibility index (Phi) is 7.78. The molecule has 9 heteroatoms. The first kappa shape index (κ1) is 23.9. The van der Waals surface area contributed by atoms with Gasteiger partial charge in [-0.15, -0.1) is 0 Å². The smallest absolute Gasteiger partial charge is 0.414 e. The van der Waals surface area contributed by atoms with E-state index < -0.39 is 0 Å². The highest BCUT2D eigenvalue weighted by Crippen LogP contribution is 2.24. The third-order valence-electron chi connectivity index (χ3n) is 5.32. The number of cyclic esters (lactones) is 1. The lowest BCUT2D eigenvalue weighted by Gasteiger charge is -2.20. The van der Waals surface area contributed by atoms with Gasteiger partial charge in [0, 0.05) is 32.0 Å². The molecule has 0 bridgehead atoms. The predicted molar refractivity (Wildman–Crippen MR) is 123 cm³/mol. The van der Waals surface area contributed by atoms with E-state index in [2.05, 4.69) is 0 Å². The van der Waals surface area contributed by atoms with Crippen molar-refractivity contribution >= 4 is 35.6 Å². The first-order chi connectivity index (χ1) is 15.8. The quantitative estimate of drug-likeness (QED) is 0.361. The van der Waals surface area contributed by atoms with Gasteiger partial charge in [0.05, 0.1) is 24.3 Å². The van der Waals surface area contributed by atoms with E-state index in [0.717, 1.165) is 22.6 Å². The van der Waals surface area contributed by atoms with Crippen molar-refractivity contribution in [1.82, 2.24) is 4.90 Å². The first-order valence-corrected chi connectivity index (χ1v) is 10.6. The van der Waals surface area contributed by atoms with Gasteiger partial charge in [-0.2, -0.15) is 0 Å². The van der Waals surface area contributed by atoms with Gasteiger partial charge in [0.25, 0.3) is 11.8 Å². The zero-order chi connectivity index (χ0) is 24.0. The zero-order valence-electron chi connectivity index (χ0n) is 18.9. The van der Waals surface area contributed by atoms with Crippen molar-refractivity contribution in [3.05, 3.63) is 59.7 Å². The van der Waals surface area contributed by atoms with Crippen molar-refractivity contribution in [3.8, 4) is 0 Å². The molecule has 0 aliphatic carbocycles. The number of aldehydes is 1. The molecular formula is C24H27N3O6. The fraction of sp³-hybridized carbons (Fsp3) is 0.333. The number of nitrogens with zero attached hydrogens (tertiary/aromatic N) is 3. The normalized spacial score (nSPS) is 16.8. The van der Waals surface area contributed by atoms with Crippen LogP contribution in [0.15, 0.2) is 48.5 Å². The summed E-state index contributed by atoms with van der Waals surface area (Å²) in [5, 5.41) is 0. The molecule has 9 nitrogen and oxygen atoms in total. The van der Waals surface area contributed by atoms with Crippen molar-refractivity contribution in [3.63, 3.8) is 0 Å². The molecule has 3 amide bonds. The third kappa shape index (κ3) is 5.56. The summed E-state index contributed by atoms with van der Waals surface area (Å²) in [6.07, 6.45) is 0.367. The number of carbonyl (C=O) groups excluding carboxylic acids is 4. The highest BCUT2D eigenvalue weighted by Gasteiger charge is 2.31. The molecule has 0 N–H and O–H groups in total. The average Bonchev–Trinajstić information content (AvgIpc) is 3.28. The molecule has 1 saturated heterocycles. The number of rotatable bonds is 7. The molecule has 2 aromatic rings. The maximum absolute atomic E-state index is 11.7. The van der Waals surface area contributed by atoms with Crippen LogP contribution in [0.4, 0.5) is 16.2 Å². The molecule has 1 unspecified atom stereocenters. The van der Waals surface area contributed by atoms with Gasteiger partial charge in [-0.1, -0.05) is 12.1 Å². The molecule has 2 heterocycles. The molecule has 0 spiro atoms. The van der Waals surface area contributed by atoms with E-state index in [9.17, 15) is 19.2 Å². The number of fused-ring (bicyclic) bond motifs is 1. The second-order valence-electron chi connectivity index (χ2n) is 7.70. The summed E-state index contributed by atoms with van der Waals surface area (Å²) in [7, 11) is 3.44. The topological polar surface area (TPSA) is 96.5 Å². The lowest BCUT2D eigenvalue weighted by atomic mass is 10.1. The van der Waals surface area contributed by atoms with Crippen LogP contribution in [0, 0.1) is 0 Å². The summed E-state index contributed by atoms with van der Waals surface area (Å²) >= 11 is 0. The monoisotopic (exact) mass is 453 g/mol. The number of imide groups is 1. The summed E-state index contributed by atoms with van der Waals surface area (Å²) in [6, 6.07) is 14.5. The Bertz CT molecular complexity index is 988. The Morgan fingerprint density at radius 3 is 2.18 bits per heavy atom. The van der Waals surface area contributed by atoms with Crippen LogP contribution in [0.25, 0.3) is 0 Å². The molecule has 1 atom stereocenters. The van der Waals surface area contributed by atoms with Crippen LogP contribution in [0.1, 0.15) is 27.6 Å². The fourth-order valence-electron chi connectivity index (χ4n) is 3.47. The molecule has 1 fully saturated rings. The van der Waals surface area contributed by atoms with Crippen molar-refractivity contribution in [2.45, 2.75) is 13.0 Å². The summed E-state index contributed by atoms with van der Waals surface area (Å²) in [5.74, 6) is -0.425. The van der Waals surface area contributed by atoms with E-state index in [1.165, 1.54) is 7.05 Å². The van der Waals surface area contributed by atoms with Gasteiger partial charge in [0.2, 0.25) is 0 Å². The SMILES string of the molecule is CC1CN(c2ccc(N(C)CCOCC=O)cc2)C(=O)O1.CN1C(=O)c2ccccc2C1=O. The van der Waals surface area contributed by atoms with E-state index in [1.807, 2.05) is 43.1 Å². The Labute approximate surface area is 192 Å². The lowest BCUT2D eigenvalue weighted by molar-refractivity contribution is -0.111. The number of ether oxygens (including phenoxy) is 2. The fourth-order valence-corrected chi connectivity index (χ4v) is 3.47. The maximum Gasteiger partial charge on any atom is 0.414 e. The van der Waals surface area contributed by atoms with Gasteiger partial charge in [0.15, 0.2) is 0 Å². The third-order valence-corrected chi connectivity index (χ3v) is 5.32. The van der Waals surface area contributed by atoms with Gasteiger partial charge in [-0.25, -0.2) is 4.79 Å². The summed E-state index contributed by atoms with van der Waals surface area (Å²) < 4.78 is 10.2. The van der Waals surface area contributed by atoms with Crippen LogP contribution in [-0.4, -0.2) is 75.6 Å². The van der Waals surface area contributed by atoms with Gasteiger partial charge in [-0.05, 0) is 43.3 Å². The lowest BCUT2D eigenvalue weighted by Crippen LogP contribution is -2.25. The average molecular weight is 453 g/mol. The first-order valence-electron chi connectivity index (χ1n) is 10.6. The van der Waals surface area contributed by atoms with Crippen molar-refractivity contribution in [2.24, 2.45) is 0 Å². The number of likely N-dealkylation sites (N-methyl/N-ethyl adjacent to an activating group) is 1. The van der Waals surface area contributed by atoms with Crippen LogP contribution in [0.2, 0.25) is 0 Å². The Morgan fingerprint density at radius 2 is 1.67 bits per heavy atom. The number of hydrogen-bond donors (Lipinski definition) is 0. The van der Waals surface area contributed by atoms with E-state index in [0.29, 0.717) is 30.8 Å². The molecule has 0 radical (unpaired) electrons. The minimum Gasteiger partial charge on any atom is -0.444 e. The molecule has 2 aromatic carbocycles. The second-order valence-corrected chi connectivity index (χ2v) is 7.70. The number of hydrogen-bond acceptors (Lipinski definition) is 7. The molecule has 174 valence electrons. The highest BCUT2D eigenvalue weighted by atomic mass is 16.6. The van der Waals surface area contributed by atoms with Crippen molar-refractivity contribution < 1.29 is 28.7 Å². The molecule has 2 aliphatic rings. The predicted octanol–water partition coefficient (Wildman–Crippen LogP) is 2.60. The number of amides is 3. The molecular weight excluding hydrogens is 426 g/mol. The van der Waals surface area contributed by atoms with Crippen LogP contribution in [0.3, 0.4) is 0 Å². The van der Waals surface area contributed by atoms with Crippen molar-refractivity contribution in [2.75, 3.05) is 50.2 Å². The van der Waals surface area contributed by atoms with Gasteiger partial charge < -0.3 is 19.2 Å². The van der Waals surface area contributed by atoms with Gasteiger partial charge in [-0.3, -0.25) is 19.4 Å². The summed E-state index contributed by atoms with van der Waals surface area (Å²) in [6.45, 7) is 3.76. The van der Waals surface area contributed by atoms with Crippen molar-refractivity contribution in [1.29, 1.82) is 0 Å². The summed E-state index contributed by atoms with van der Waals surface area (Å²) in [4.78, 5) is 49.2. The molecule has 0 saturated carbocycles. The Morgan fingerprint density at radius 1 is 1.06 bits per heavy atom. The Hall–Kier alpha value is -3.72. The minimum absolute atomic E-state index is 0.0742. The van der Waals surface area contributed by atoms with E-state index in [1.54, 1.807) is 29.2 Å². The zero-order valence-corrected chi connectivity index (χ0v) is 18.9. The van der Waals surface area contributed by atoms with Gasteiger partial charge in [0.1, 0.15) is 19.0 Å². The van der Waals surface area contributed by atoms with Crippen LogP contribution >= 0.6 is 0 Å². The van der Waals surface area contributed by atoms with Crippen LogP contribution in [0.5, 0.6) is 0 Å². The minimum atomic E-state index is -0.300. The summed E-state index contributed by atoms with van der Waals surface area (Å²) in [5.41, 5.74) is 2.86. The largest absolute Gasteiger partial charge is 0.444 e. The number of benzene rings is 2. The molecule has 33 heavy (non-hydrogen) atoms.